The van der Waals surface area contributed by atoms with Crippen molar-refractivity contribution in [3.05, 3.63) is 0 Å². The lowest BCUT2D eigenvalue weighted by Gasteiger charge is -2.14. The van der Waals surface area contributed by atoms with E-state index in [0.717, 1.165) is 26.2 Å². The maximum atomic E-state index is 10.9. The van der Waals surface area contributed by atoms with Crippen molar-refractivity contribution in [2.24, 2.45) is 0 Å². The average Bonchev–Trinajstić information content (AvgIpc) is 2.63. The van der Waals surface area contributed by atoms with Crippen LogP contribution in [0.25, 0.3) is 0 Å². The highest BCUT2D eigenvalue weighted by Crippen LogP contribution is 1.98. The molecule has 1 atom stereocenters. The summed E-state index contributed by atoms with van der Waals surface area (Å²) >= 11 is 5.11. The Balaban J connectivity index is 2.00. The highest BCUT2D eigenvalue weighted by molar-refractivity contribution is 7.80. The van der Waals surface area contributed by atoms with Crippen LogP contribution in [0.2, 0.25) is 0 Å². The molecule has 1 aliphatic heterocycles. The smallest absolute Gasteiger partial charge is 0.222 e. The molecule has 3 N–H and O–H groups in total. The SMILES string of the molecule is CCOCCCNC(=S)NC1CNC(=O)C1. The summed E-state index contributed by atoms with van der Waals surface area (Å²) in [4.78, 5) is 10.9. The van der Waals surface area contributed by atoms with Gasteiger partial charge in [0, 0.05) is 32.7 Å². The van der Waals surface area contributed by atoms with Crippen molar-refractivity contribution in [3.8, 4) is 0 Å². The van der Waals surface area contributed by atoms with Crippen LogP contribution in [0, 0.1) is 0 Å². The van der Waals surface area contributed by atoms with Gasteiger partial charge in [-0.1, -0.05) is 0 Å². The molecular formula is C10H19N3O2S. The fourth-order valence-electron chi connectivity index (χ4n) is 1.46. The topological polar surface area (TPSA) is 62.4 Å². The van der Waals surface area contributed by atoms with Crippen LogP contribution in [0.1, 0.15) is 19.8 Å². The van der Waals surface area contributed by atoms with Crippen molar-refractivity contribution < 1.29 is 9.53 Å². The molecule has 6 heteroatoms. The van der Waals surface area contributed by atoms with E-state index in [2.05, 4.69) is 16.0 Å². The van der Waals surface area contributed by atoms with E-state index in [4.69, 9.17) is 17.0 Å². The lowest BCUT2D eigenvalue weighted by atomic mass is 10.3. The van der Waals surface area contributed by atoms with Gasteiger partial charge < -0.3 is 20.7 Å². The number of thiocarbonyl (C=S) groups is 1. The summed E-state index contributed by atoms with van der Waals surface area (Å²) in [5.74, 6) is 0.0802. The number of carbonyl (C=O) groups is 1. The third kappa shape index (κ3) is 5.27. The predicted molar refractivity (Wildman–Crippen MR) is 66.3 cm³/mol. The van der Waals surface area contributed by atoms with Crippen LogP contribution in [-0.4, -0.2) is 43.4 Å². The average molecular weight is 245 g/mol. The van der Waals surface area contributed by atoms with Gasteiger partial charge in [0.1, 0.15) is 0 Å². The second-order valence-corrected chi connectivity index (χ2v) is 4.06. The molecule has 0 saturated carbocycles. The van der Waals surface area contributed by atoms with Gasteiger partial charge in [-0.3, -0.25) is 4.79 Å². The van der Waals surface area contributed by atoms with Crippen molar-refractivity contribution >= 4 is 23.2 Å². The molecule has 16 heavy (non-hydrogen) atoms. The van der Waals surface area contributed by atoms with Gasteiger partial charge in [-0.05, 0) is 25.6 Å². The zero-order chi connectivity index (χ0) is 11.8. The summed E-state index contributed by atoms with van der Waals surface area (Å²) < 4.78 is 5.20. The van der Waals surface area contributed by atoms with E-state index in [9.17, 15) is 4.79 Å². The molecule has 0 aromatic carbocycles. The maximum absolute atomic E-state index is 10.9. The molecule has 0 bridgehead atoms. The van der Waals surface area contributed by atoms with Gasteiger partial charge in [0.15, 0.2) is 5.11 Å². The maximum Gasteiger partial charge on any atom is 0.222 e. The molecule has 1 heterocycles. The number of amides is 1. The number of nitrogens with one attached hydrogen (secondary N) is 3. The Morgan fingerprint density at radius 3 is 3.12 bits per heavy atom. The molecule has 92 valence electrons. The largest absolute Gasteiger partial charge is 0.382 e. The van der Waals surface area contributed by atoms with Crippen LogP contribution in [0.5, 0.6) is 0 Å². The zero-order valence-electron chi connectivity index (χ0n) is 9.54. The molecule has 1 rings (SSSR count). The summed E-state index contributed by atoms with van der Waals surface area (Å²) in [7, 11) is 0. The molecule has 1 aliphatic rings. The Bertz CT molecular complexity index is 248. The van der Waals surface area contributed by atoms with Gasteiger partial charge in [0.25, 0.3) is 0 Å². The summed E-state index contributed by atoms with van der Waals surface area (Å²) in [5, 5.41) is 9.54. The van der Waals surface area contributed by atoms with Gasteiger partial charge in [-0.2, -0.15) is 0 Å². The third-order valence-electron chi connectivity index (χ3n) is 2.27. The predicted octanol–water partition coefficient (Wildman–Crippen LogP) is -0.234. The zero-order valence-corrected chi connectivity index (χ0v) is 10.4. The first-order valence-electron chi connectivity index (χ1n) is 5.61. The summed E-state index contributed by atoms with van der Waals surface area (Å²) in [6, 6.07) is 0.124. The van der Waals surface area contributed by atoms with Crippen LogP contribution >= 0.6 is 12.2 Å². The van der Waals surface area contributed by atoms with E-state index in [1.54, 1.807) is 0 Å². The van der Waals surface area contributed by atoms with Crippen molar-refractivity contribution in [2.75, 3.05) is 26.3 Å². The van der Waals surface area contributed by atoms with Crippen LogP contribution in [0.4, 0.5) is 0 Å². The molecule has 0 aromatic rings. The van der Waals surface area contributed by atoms with E-state index in [0.29, 0.717) is 18.1 Å². The fourth-order valence-corrected chi connectivity index (χ4v) is 1.73. The second-order valence-electron chi connectivity index (χ2n) is 3.66. The molecule has 0 radical (unpaired) electrons. The van der Waals surface area contributed by atoms with Crippen LogP contribution in [0.3, 0.4) is 0 Å². The highest BCUT2D eigenvalue weighted by Gasteiger charge is 2.21. The van der Waals surface area contributed by atoms with E-state index in [1.807, 2.05) is 6.92 Å². The summed E-state index contributed by atoms with van der Waals surface area (Å²) in [6.07, 6.45) is 1.43. The van der Waals surface area contributed by atoms with E-state index in [-0.39, 0.29) is 11.9 Å². The normalized spacial score (nSPS) is 19.3. The number of carbonyl (C=O) groups excluding carboxylic acids is 1. The Morgan fingerprint density at radius 1 is 1.69 bits per heavy atom. The number of ether oxygens (including phenoxy) is 1. The van der Waals surface area contributed by atoms with Crippen molar-refractivity contribution in [2.45, 2.75) is 25.8 Å². The first-order valence-corrected chi connectivity index (χ1v) is 6.02. The second kappa shape index (κ2) is 7.40. The Labute approximate surface area is 101 Å². The minimum atomic E-state index is 0.0802. The van der Waals surface area contributed by atoms with E-state index < -0.39 is 0 Å². The van der Waals surface area contributed by atoms with Gasteiger partial charge in [0.05, 0.1) is 6.04 Å². The monoisotopic (exact) mass is 245 g/mol. The Kier molecular flexibility index (Phi) is 6.10. The molecule has 1 saturated heterocycles. The Hall–Kier alpha value is -0.880. The van der Waals surface area contributed by atoms with Gasteiger partial charge in [-0.15, -0.1) is 0 Å². The van der Waals surface area contributed by atoms with Gasteiger partial charge in [-0.25, -0.2) is 0 Å². The van der Waals surface area contributed by atoms with Crippen molar-refractivity contribution in [1.29, 1.82) is 0 Å². The minimum Gasteiger partial charge on any atom is -0.382 e. The molecule has 5 nitrogen and oxygen atoms in total. The Morgan fingerprint density at radius 2 is 2.50 bits per heavy atom. The number of hydrogen-bond acceptors (Lipinski definition) is 3. The van der Waals surface area contributed by atoms with Gasteiger partial charge in [0.2, 0.25) is 5.91 Å². The lowest BCUT2D eigenvalue weighted by Crippen LogP contribution is -2.43. The van der Waals surface area contributed by atoms with Crippen LogP contribution in [0.15, 0.2) is 0 Å². The lowest BCUT2D eigenvalue weighted by molar-refractivity contribution is -0.119. The molecule has 1 amide bonds. The molecule has 0 aromatic heterocycles. The first kappa shape index (κ1) is 13.2. The molecule has 1 fully saturated rings. The summed E-state index contributed by atoms with van der Waals surface area (Å²) in [5.41, 5.74) is 0. The molecule has 0 aliphatic carbocycles. The summed E-state index contributed by atoms with van der Waals surface area (Å²) in [6.45, 7) is 4.91. The quantitative estimate of drug-likeness (QED) is 0.445. The number of rotatable bonds is 6. The molecular weight excluding hydrogens is 226 g/mol. The standard InChI is InChI=1S/C10H19N3O2S/c1-2-15-5-3-4-11-10(16)13-8-6-9(14)12-7-8/h8H,2-7H2,1H3,(H,12,14)(H2,11,13,16). The minimum absolute atomic E-state index is 0.0802. The van der Waals surface area contributed by atoms with E-state index in [1.165, 1.54) is 0 Å². The van der Waals surface area contributed by atoms with Crippen molar-refractivity contribution in [1.82, 2.24) is 16.0 Å². The number of hydrogen-bond donors (Lipinski definition) is 3. The highest BCUT2D eigenvalue weighted by atomic mass is 32.1. The first-order chi connectivity index (χ1) is 7.72. The van der Waals surface area contributed by atoms with E-state index >= 15 is 0 Å². The van der Waals surface area contributed by atoms with Crippen LogP contribution in [-0.2, 0) is 9.53 Å². The molecule has 1 unspecified atom stereocenters. The van der Waals surface area contributed by atoms with Gasteiger partial charge >= 0.3 is 0 Å². The van der Waals surface area contributed by atoms with Crippen molar-refractivity contribution in [3.63, 3.8) is 0 Å². The fraction of sp³-hybridized carbons (Fsp3) is 0.800. The third-order valence-corrected chi connectivity index (χ3v) is 2.53. The molecule has 0 spiro atoms. The van der Waals surface area contributed by atoms with Crippen LogP contribution < -0.4 is 16.0 Å².